The molecule has 0 bridgehead atoms. The lowest BCUT2D eigenvalue weighted by Gasteiger charge is -2.03. The van der Waals surface area contributed by atoms with E-state index in [0.717, 1.165) is 5.13 Å². The first kappa shape index (κ1) is 5.56. The van der Waals surface area contributed by atoms with Gasteiger partial charge in [-0.15, -0.1) is 11.3 Å². The number of nitrogens with zero attached hydrogens (tertiary/aromatic N) is 2. The smallest absolute Gasteiger partial charge is 0.185 e. The second-order valence-electron chi connectivity index (χ2n) is 1.51. The molecule has 1 aromatic heterocycles. The highest BCUT2D eigenvalue weighted by Crippen LogP contribution is 2.13. The third kappa shape index (κ3) is 0.980. The number of hydrogen-bond acceptors (Lipinski definition) is 3. The van der Waals surface area contributed by atoms with E-state index in [2.05, 4.69) is 12.0 Å². The summed E-state index contributed by atoms with van der Waals surface area (Å²) in [6, 6.07) is 0. The van der Waals surface area contributed by atoms with Crippen molar-refractivity contribution < 1.29 is 0 Å². The quantitative estimate of drug-likeness (QED) is 0.566. The van der Waals surface area contributed by atoms with E-state index < -0.39 is 0 Å². The van der Waals surface area contributed by atoms with E-state index in [9.17, 15) is 0 Å². The van der Waals surface area contributed by atoms with Gasteiger partial charge in [0.2, 0.25) is 0 Å². The molecule has 1 aromatic rings. The molecule has 1 rings (SSSR count). The van der Waals surface area contributed by atoms with Crippen LogP contribution < -0.4 is 4.90 Å². The molecule has 1 heterocycles. The van der Waals surface area contributed by atoms with E-state index in [0.29, 0.717) is 0 Å². The molecule has 8 heavy (non-hydrogen) atoms. The number of rotatable bonds is 1. The van der Waals surface area contributed by atoms with Crippen molar-refractivity contribution in [2.75, 3.05) is 11.9 Å². The van der Waals surface area contributed by atoms with Crippen molar-refractivity contribution >= 4 is 16.5 Å². The van der Waals surface area contributed by atoms with E-state index >= 15 is 0 Å². The summed E-state index contributed by atoms with van der Waals surface area (Å²) in [5.74, 6) is 0. The molecule has 0 aliphatic carbocycles. The number of thiazole rings is 1. The van der Waals surface area contributed by atoms with Gasteiger partial charge in [-0.05, 0) is 0 Å². The van der Waals surface area contributed by atoms with Crippen LogP contribution in [0, 0.1) is 7.05 Å². The maximum atomic E-state index is 4.00. The first-order valence-corrected chi connectivity index (χ1v) is 3.12. The zero-order valence-electron chi connectivity index (χ0n) is 4.66. The molecule has 0 atom stereocenters. The van der Waals surface area contributed by atoms with Crippen LogP contribution >= 0.6 is 11.3 Å². The van der Waals surface area contributed by atoms with Gasteiger partial charge < -0.3 is 4.90 Å². The minimum atomic E-state index is 0.949. The Balaban J connectivity index is 2.77. The summed E-state index contributed by atoms with van der Waals surface area (Å²) in [5.41, 5.74) is 0. The molecule has 0 N–H and O–H groups in total. The fraction of sp³-hybridized carbons (Fsp3) is 0.200. The van der Waals surface area contributed by atoms with Crippen LogP contribution in [-0.4, -0.2) is 12.0 Å². The van der Waals surface area contributed by atoms with Crippen molar-refractivity contribution in [1.82, 2.24) is 4.98 Å². The van der Waals surface area contributed by atoms with Crippen molar-refractivity contribution in [3.63, 3.8) is 0 Å². The number of aromatic nitrogens is 1. The highest BCUT2D eigenvalue weighted by Gasteiger charge is 1.92. The predicted octanol–water partition coefficient (Wildman–Crippen LogP) is 1.37. The van der Waals surface area contributed by atoms with Gasteiger partial charge in [-0.25, -0.2) is 4.98 Å². The lowest BCUT2D eigenvalue weighted by atomic mass is 10.9. The summed E-state index contributed by atoms with van der Waals surface area (Å²) in [6.07, 6.45) is 1.77. The average molecular weight is 127 g/mol. The van der Waals surface area contributed by atoms with Gasteiger partial charge in [0.25, 0.3) is 0 Å². The summed E-state index contributed by atoms with van der Waals surface area (Å²) in [6.45, 7) is 0. The van der Waals surface area contributed by atoms with Crippen LogP contribution in [0.3, 0.4) is 0 Å². The fourth-order valence-electron chi connectivity index (χ4n) is 0.404. The maximum absolute atomic E-state index is 4.00. The van der Waals surface area contributed by atoms with Crippen LogP contribution in [0.25, 0.3) is 0 Å². The van der Waals surface area contributed by atoms with Gasteiger partial charge >= 0.3 is 0 Å². The molecule has 0 aliphatic rings. The van der Waals surface area contributed by atoms with E-state index in [4.69, 9.17) is 0 Å². The monoisotopic (exact) mass is 127 g/mol. The lowest BCUT2D eigenvalue weighted by Crippen LogP contribution is -2.03. The van der Waals surface area contributed by atoms with Gasteiger partial charge in [0.15, 0.2) is 5.13 Å². The molecule has 0 fully saturated rings. The summed E-state index contributed by atoms with van der Waals surface area (Å²) in [7, 11) is 5.54. The minimum absolute atomic E-state index is 0.949. The maximum Gasteiger partial charge on any atom is 0.185 e. The topological polar surface area (TPSA) is 16.1 Å². The second-order valence-corrected chi connectivity index (χ2v) is 2.39. The molecule has 0 amide bonds. The summed E-state index contributed by atoms with van der Waals surface area (Å²) in [4.78, 5) is 5.74. The summed E-state index contributed by atoms with van der Waals surface area (Å²) < 4.78 is 0. The lowest BCUT2D eigenvalue weighted by molar-refractivity contribution is 1.17. The van der Waals surface area contributed by atoms with Gasteiger partial charge in [-0.1, -0.05) is 0 Å². The minimum Gasteiger partial charge on any atom is -0.349 e. The Morgan fingerprint density at radius 3 is 2.88 bits per heavy atom. The fourth-order valence-corrected chi connectivity index (χ4v) is 0.950. The van der Waals surface area contributed by atoms with Crippen LogP contribution in [0.2, 0.25) is 0 Å². The first-order valence-electron chi connectivity index (χ1n) is 2.24. The van der Waals surface area contributed by atoms with Crippen molar-refractivity contribution in [3.8, 4) is 0 Å². The predicted molar refractivity (Wildman–Crippen MR) is 35.9 cm³/mol. The van der Waals surface area contributed by atoms with Crippen molar-refractivity contribution in [3.05, 3.63) is 18.6 Å². The van der Waals surface area contributed by atoms with Crippen molar-refractivity contribution in [1.29, 1.82) is 0 Å². The molecule has 1 radical (unpaired) electrons. The van der Waals surface area contributed by atoms with E-state index in [1.54, 1.807) is 22.4 Å². The molecule has 0 aromatic carbocycles. The molecule has 0 spiro atoms. The largest absolute Gasteiger partial charge is 0.349 e. The zero-order valence-corrected chi connectivity index (χ0v) is 5.48. The number of anilines is 1. The SMILES string of the molecule is [CH2]N(C)c1nccs1. The molecule has 3 heteroatoms. The van der Waals surface area contributed by atoms with E-state index in [1.807, 2.05) is 12.4 Å². The highest BCUT2D eigenvalue weighted by atomic mass is 32.1. The Morgan fingerprint density at radius 1 is 1.88 bits per heavy atom. The van der Waals surface area contributed by atoms with Crippen LogP contribution in [-0.2, 0) is 0 Å². The molecular weight excluding hydrogens is 120 g/mol. The van der Waals surface area contributed by atoms with E-state index in [-0.39, 0.29) is 0 Å². The Bertz CT molecular complexity index is 145. The highest BCUT2D eigenvalue weighted by molar-refractivity contribution is 7.13. The Morgan fingerprint density at radius 2 is 2.62 bits per heavy atom. The molecule has 0 aliphatic heterocycles. The summed E-state index contributed by atoms with van der Waals surface area (Å²) in [5, 5.41) is 2.88. The van der Waals surface area contributed by atoms with Gasteiger partial charge in [0.1, 0.15) is 0 Å². The van der Waals surface area contributed by atoms with Crippen LogP contribution in [0.15, 0.2) is 11.6 Å². The van der Waals surface area contributed by atoms with Crippen molar-refractivity contribution in [2.24, 2.45) is 0 Å². The molecule has 2 nitrogen and oxygen atoms in total. The molecule has 0 unspecified atom stereocenters. The van der Waals surface area contributed by atoms with E-state index in [1.165, 1.54) is 0 Å². The normalized spacial score (nSPS) is 9.25. The number of hydrogen-bond donors (Lipinski definition) is 0. The van der Waals surface area contributed by atoms with Crippen LogP contribution in [0.4, 0.5) is 5.13 Å². The van der Waals surface area contributed by atoms with Gasteiger partial charge in [0, 0.05) is 25.7 Å². The molecular formula is C5H7N2S. The first-order chi connectivity index (χ1) is 3.80. The van der Waals surface area contributed by atoms with Crippen LogP contribution in [0.5, 0.6) is 0 Å². The van der Waals surface area contributed by atoms with Gasteiger partial charge in [-0.2, -0.15) is 0 Å². The van der Waals surface area contributed by atoms with Crippen molar-refractivity contribution in [2.45, 2.75) is 0 Å². The third-order valence-corrected chi connectivity index (χ3v) is 1.63. The Labute approximate surface area is 52.8 Å². The molecule has 0 saturated carbocycles. The third-order valence-electron chi connectivity index (χ3n) is 0.746. The van der Waals surface area contributed by atoms with Gasteiger partial charge in [-0.3, -0.25) is 0 Å². The van der Waals surface area contributed by atoms with Gasteiger partial charge in [0.05, 0.1) is 0 Å². The second kappa shape index (κ2) is 2.13. The Hall–Kier alpha value is -0.570. The summed E-state index contributed by atoms with van der Waals surface area (Å²) >= 11 is 1.58. The Kier molecular flexibility index (Phi) is 1.48. The molecule has 43 valence electrons. The standard InChI is InChI=1S/C5H7N2S/c1-7(2)5-6-3-4-8-5/h3-4H,1H2,2H3. The van der Waals surface area contributed by atoms with Crippen LogP contribution in [0.1, 0.15) is 0 Å². The average Bonchev–Trinajstić information content (AvgIpc) is 2.12. The molecule has 0 saturated heterocycles. The zero-order chi connectivity index (χ0) is 5.98.